The van der Waals surface area contributed by atoms with Gasteiger partial charge in [0.05, 0.1) is 5.69 Å². The average Bonchev–Trinajstić information content (AvgIpc) is 2.87. The van der Waals surface area contributed by atoms with Crippen LogP contribution in [-0.2, 0) is 16.5 Å². The number of carbonyl (C=O) groups is 1. The highest BCUT2D eigenvalue weighted by Crippen LogP contribution is 2.42. The first-order valence-corrected chi connectivity index (χ1v) is 11.2. The van der Waals surface area contributed by atoms with Gasteiger partial charge in [-0.2, -0.15) is 8.42 Å². The molecule has 1 aliphatic heterocycles. The summed E-state index contributed by atoms with van der Waals surface area (Å²) in [6.45, 7) is 11.6. The number of amides is 1. The van der Waals surface area contributed by atoms with E-state index in [0.29, 0.717) is 40.9 Å². The zero-order chi connectivity index (χ0) is 20.8. The molecule has 0 aliphatic carbocycles. The van der Waals surface area contributed by atoms with E-state index in [9.17, 15) is 17.8 Å². The molecule has 2 aromatic carbocycles. The van der Waals surface area contributed by atoms with Gasteiger partial charge in [0.1, 0.15) is 4.90 Å². The molecule has 0 bridgehead atoms. The molecule has 1 heterocycles. The van der Waals surface area contributed by atoms with Crippen LogP contribution >= 0.6 is 0 Å². The lowest BCUT2D eigenvalue weighted by Gasteiger charge is -2.32. The van der Waals surface area contributed by atoms with Crippen LogP contribution in [0.25, 0.3) is 10.8 Å². The van der Waals surface area contributed by atoms with Gasteiger partial charge in [0.25, 0.3) is 16.0 Å². The van der Waals surface area contributed by atoms with E-state index in [0.717, 1.165) is 12.2 Å². The molecule has 1 amide bonds. The van der Waals surface area contributed by atoms with Gasteiger partial charge < -0.3 is 4.90 Å². The number of benzene rings is 2. The Hall–Kier alpha value is -1.96. The van der Waals surface area contributed by atoms with Gasteiger partial charge in [-0.1, -0.05) is 19.1 Å². The normalized spacial score (nSPS) is 15.3. The van der Waals surface area contributed by atoms with Gasteiger partial charge >= 0.3 is 0 Å². The molecular weight excluding hydrogens is 376 g/mol. The average molecular weight is 405 g/mol. The van der Waals surface area contributed by atoms with Gasteiger partial charge in [0.2, 0.25) is 0 Å². The van der Waals surface area contributed by atoms with E-state index >= 15 is 0 Å². The summed E-state index contributed by atoms with van der Waals surface area (Å²) in [5.41, 5.74) is 1.75. The number of rotatable bonds is 7. The van der Waals surface area contributed by atoms with Crippen molar-refractivity contribution in [2.45, 2.75) is 58.0 Å². The molecule has 28 heavy (non-hydrogen) atoms. The first-order valence-electron chi connectivity index (χ1n) is 9.75. The molecule has 0 fully saturated rings. The fourth-order valence-corrected chi connectivity index (χ4v) is 5.45. The van der Waals surface area contributed by atoms with E-state index in [2.05, 4.69) is 32.6 Å². The van der Waals surface area contributed by atoms with Crippen LogP contribution in [0.5, 0.6) is 0 Å². The second-order valence-corrected chi connectivity index (χ2v) is 8.97. The molecule has 1 aliphatic rings. The molecule has 7 heteroatoms. The highest BCUT2D eigenvalue weighted by atomic mass is 32.2. The Labute approximate surface area is 166 Å². The van der Waals surface area contributed by atoms with E-state index in [1.165, 1.54) is 0 Å². The zero-order valence-electron chi connectivity index (χ0n) is 17.1. The van der Waals surface area contributed by atoms with Crippen molar-refractivity contribution in [3.8, 4) is 0 Å². The molecule has 1 N–H and O–H groups in total. The van der Waals surface area contributed by atoms with Crippen molar-refractivity contribution in [3.63, 3.8) is 0 Å². The van der Waals surface area contributed by atoms with Crippen LogP contribution in [0.2, 0.25) is 0 Å². The molecule has 1 atom stereocenters. The predicted molar refractivity (Wildman–Crippen MR) is 112 cm³/mol. The van der Waals surface area contributed by atoms with Crippen molar-refractivity contribution in [3.05, 3.63) is 35.4 Å². The van der Waals surface area contributed by atoms with Crippen molar-refractivity contribution < 1.29 is 17.8 Å². The number of anilines is 1. The quantitative estimate of drug-likeness (QED) is 0.712. The molecule has 0 radical (unpaired) electrons. The van der Waals surface area contributed by atoms with Gasteiger partial charge in [-0.3, -0.25) is 14.2 Å². The lowest BCUT2D eigenvalue weighted by atomic mass is 9.98. The van der Waals surface area contributed by atoms with Crippen LogP contribution in [0, 0.1) is 0 Å². The summed E-state index contributed by atoms with van der Waals surface area (Å²) in [4.78, 5) is 16.6. The third-order valence-corrected chi connectivity index (χ3v) is 6.62. The Morgan fingerprint density at radius 1 is 1.18 bits per heavy atom. The highest BCUT2D eigenvalue weighted by Gasteiger charge is 2.33. The van der Waals surface area contributed by atoms with Crippen LogP contribution in [0.3, 0.4) is 0 Å². The zero-order valence-corrected chi connectivity index (χ0v) is 17.9. The van der Waals surface area contributed by atoms with Gasteiger partial charge in [0.15, 0.2) is 0 Å². The van der Waals surface area contributed by atoms with Crippen LogP contribution in [0.4, 0.5) is 5.69 Å². The SMILES string of the molecule is CCN1C(=O)c2cccc3c(S(=O)(=O)O)c(CC(C)N(CC)C(C)C)cc1c23. The number of carbonyl (C=O) groups excluding carboxylic acids is 1. The van der Waals surface area contributed by atoms with Crippen LogP contribution in [0.1, 0.15) is 50.5 Å². The molecular formula is C21H28N2O4S. The highest BCUT2D eigenvalue weighted by molar-refractivity contribution is 7.86. The Morgan fingerprint density at radius 3 is 2.39 bits per heavy atom. The van der Waals surface area contributed by atoms with Crippen molar-refractivity contribution in [1.29, 1.82) is 0 Å². The van der Waals surface area contributed by atoms with Gasteiger partial charge in [-0.25, -0.2) is 0 Å². The molecule has 0 saturated carbocycles. The minimum absolute atomic E-state index is 0.0745. The Balaban J connectivity index is 2.27. The van der Waals surface area contributed by atoms with Gasteiger partial charge in [0, 0.05) is 35.0 Å². The maximum atomic E-state index is 12.8. The standard InChI is InChI=1S/C21H28N2O4S/c1-6-22(13(3)4)14(5)11-15-12-18-19-16(20(15)28(25,26)27)9-8-10-17(19)21(24)23(18)7-2/h8-10,12-14H,6-7,11H2,1-5H3,(H,25,26,27). The molecule has 0 saturated heterocycles. The van der Waals surface area contributed by atoms with Crippen molar-refractivity contribution >= 4 is 32.5 Å². The summed E-state index contributed by atoms with van der Waals surface area (Å²) >= 11 is 0. The summed E-state index contributed by atoms with van der Waals surface area (Å²) in [7, 11) is -4.45. The van der Waals surface area contributed by atoms with E-state index in [-0.39, 0.29) is 16.8 Å². The fraction of sp³-hybridized carbons (Fsp3) is 0.476. The second kappa shape index (κ2) is 7.46. The topological polar surface area (TPSA) is 77.9 Å². The van der Waals surface area contributed by atoms with Crippen molar-refractivity contribution in [2.24, 2.45) is 0 Å². The lowest BCUT2D eigenvalue weighted by molar-refractivity contribution is 0.0994. The summed E-state index contributed by atoms with van der Waals surface area (Å²) in [5, 5.41) is 1.02. The van der Waals surface area contributed by atoms with Crippen molar-refractivity contribution in [2.75, 3.05) is 18.0 Å². The van der Waals surface area contributed by atoms with Crippen LogP contribution < -0.4 is 4.90 Å². The third-order valence-electron chi connectivity index (χ3n) is 5.62. The number of hydrogen-bond donors (Lipinski definition) is 1. The van der Waals surface area contributed by atoms with Crippen molar-refractivity contribution in [1.82, 2.24) is 4.90 Å². The largest absolute Gasteiger partial charge is 0.308 e. The van der Waals surface area contributed by atoms with E-state index < -0.39 is 10.1 Å². The molecule has 0 spiro atoms. The summed E-state index contributed by atoms with van der Waals surface area (Å²) < 4.78 is 34.7. The maximum absolute atomic E-state index is 12.8. The van der Waals surface area contributed by atoms with Crippen LogP contribution in [-0.4, -0.2) is 49.0 Å². The Bertz CT molecular complexity index is 1030. The monoisotopic (exact) mass is 404 g/mol. The predicted octanol–water partition coefficient (Wildman–Crippen LogP) is 3.73. The summed E-state index contributed by atoms with van der Waals surface area (Å²) in [6, 6.07) is 7.21. The smallest absolute Gasteiger partial charge is 0.295 e. The molecule has 6 nitrogen and oxygen atoms in total. The minimum atomic E-state index is -4.45. The van der Waals surface area contributed by atoms with Gasteiger partial charge in [-0.05, 0) is 58.4 Å². The summed E-state index contributed by atoms with van der Waals surface area (Å²) in [6.07, 6.45) is 0.458. The molecule has 0 aromatic heterocycles. The Morgan fingerprint density at radius 2 is 1.86 bits per heavy atom. The number of likely N-dealkylation sites (N-methyl/N-ethyl adjacent to an activating group) is 1. The lowest BCUT2D eigenvalue weighted by Crippen LogP contribution is -2.40. The third kappa shape index (κ3) is 3.32. The molecule has 3 rings (SSSR count). The fourth-order valence-electron chi connectivity index (χ4n) is 4.53. The minimum Gasteiger partial charge on any atom is -0.308 e. The molecule has 152 valence electrons. The number of hydrogen-bond acceptors (Lipinski definition) is 4. The Kier molecular flexibility index (Phi) is 5.53. The van der Waals surface area contributed by atoms with E-state index in [1.54, 1.807) is 29.2 Å². The summed E-state index contributed by atoms with van der Waals surface area (Å²) in [5.74, 6) is -0.132. The van der Waals surface area contributed by atoms with Gasteiger partial charge in [-0.15, -0.1) is 0 Å². The van der Waals surface area contributed by atoms with E-state index in [4.69, 9.17) is 0 Å². The first kappa shape index (κ1) is 20.8. The molecule has 1 unspecified atom stereocenters. The second-order valence-electron chi connectivity index (χ2n) is 7.61. The molecule has 2 aromatic rings. The first-order chi connectivity index (χ1) is 13.1. The number of nitrogens with zero attached hydrogens (tertiary/aromatic N) is 2. The van der Waals surface area contributed by atoms with E-state index in [1.807, 2.05) is 6.92 Å². The maximum Gasteiger partial charge on any atom is 0.295 e. The van der Waals surface area contributed by atoms with Crippen LogP contribution in [0.15, 0.2) is 29.2 Å².